The summed E-state index contributed by atoms with van der Waals surface area (Å²) < 4.78 is 0. The first-order chi connectivity index (χ1) is 6.93. The van der Waals surface area contributed by atoms with Crippen molar-refractivity contribution in [2.45, 2.75) is 52.0 Å². The van der Waals surface area contributed by atoms with E-state index in [2.05, 4.69) is 44.8 Å². The predicted molar refractivity (Wildman–Crippen MR) is 64.9 cm³/mol. The Balaban J connectivity index is 2.84. The van der Waals surface area contributed by atoms with Gasteiger partial charge in [-0.3, -0.25) is 4.98 Å². The molecule has 0 amide bonds. The van der Waals surface area contributed by atoms with Gasteiger partial charge >= 0.3 is 0 Å². The molecule has 15 heavy (non-hydrogen) atoms. The van der Waals surface area contributed by atoms with E-state index >= 15 is 0 Å². The largest absolute Gasteiger partial charge is 0.327 e. The number of rotatable bonds is 3. The highest BCUT2D eigenvalue weighted by molar-refractivity contribution is 5.23. The van der Waals surface area contributed by atoms with E-state index in [9.17, 15) is 0 Å². The van der Waals surface area contributed by atoms with Gasteiger partial charge in [-0.15, -0.1) is 0 Å². The predicted octanol–water partition coefficient (Wildman–Crippen LogP) is 2.66. The van der Waals surface area contributed by atoms with Crippen LogP contribution >= 0.6 is 0 Å². The van der Waals surface area contributed by atoms with Crippen LogP contribution in [0.5, 0.6) is 0 Å². The van der Waals surface area contributed by atoms with E-state index in [1.165, 1.54) is 5.56 Å². The minimum Gasteiger partial charge on any atom is -0.327 e. The third kappa shape index (κ3) is 3.63. The van der Waals surface area contributed by atoms with Crippen molar-refractivity contribution in [3.8, 4) is 0 Å². The fourth-order valence-electron chi connectivity index (χ4n) is 1.47. The molecule has 0 bridgehead atoms. The van der Waals surface area contributed by atoms with Gasteiger partial charge in [0.15, 0.2) is 0 Å². The molecule has 0 aliphatic carbocycles. The maximum Gasteiger partial charge on any atom is 0.0421 e. The normalized spacial score (nSPS) is 13.9. The maximum atomic E-state index is 5.92. The Morgan fingerprint density at radius 1 is 1.40 bits per heavy atom. The second kappa shape index (κ2) is 4.75. The number of nitrogens with zero attached hydrogens (tertiary/aromatic N) is 1. The highest BCUT2D eigenvalue weighted by Gasteiger charge is 2.14. The Labute approximate surface area is 92.9 Å². The summed E-state index contributed by atoms with van der Waals surface area (Å²) in [5.74, 6) is 0. The Morgan fingerprint density at radius 2 is 2.07 bits per heavy atom. The van der Waals surface area contributed by atoms with Crippen LogP contribution in [-0.2, 0) is 11.8 Å². The second-order valence-corrected chi connectivity index (χ2v) is 5.16. The van der Waals surface area contributed by atoms with Crippen molar-refractivity contribution in [1.29, 1.82) is 0 Å². The fraction of sp³-hybridized carbons (Fsp3) is 0.615. The number of hydrogen-bond acceptors (Lipinski definition) is 2. The van der Waals surface area contributed by atoms with Crippen molar-refractivity contribution in [3.05, 3.63) is 29.6 Å². The minimum atomic E-state index is 0.188. The molecule has 0 aromatic carbocycles. The van der Waals surface area contributed by atoms with E-state index in [-0.39, 0.29) is 11.5 Å². The minimum absolute atomic E-state index is 0.188. The van der Waals surface area contributed by atoms with Gasteiger partial charge in [0.2, 0.25) is 0 Å². The molecule has 0 saturated heterocycles. The number of nitrogens with two attached hydrogens (primary N) is 1. The van der Waals surface area contributed by atoms with Gasteiger partial charge in [0.25, 0.3) is 0 Å². The van der Waals surface area contributed by atoms with Gasteiger partial charge in [0, 0.05) is 24.4 Å². The summed E-state index contributed by atoms with van der Waals surface area (Å²) >= 11 is 0. The highest BCUT2D eigenvalue weighted by atomic mass is 14.7. The fourth-order valence-corrected chi connectivity index (χ4v) is 1.47. The molecule has 0 fully saturated rings. The van der Waals surface area contributed by atoms with E-state index in [0.29, 0.717) is 0 Å². The van der Waals surface area contributed by atoms with E-state index < -0.39 is 0 Å². The van der Waals surface area contributed by atoms with Crippen molar-refractivity contribution >= 4 is 0 Å². The Bertz CT molecular complexity index is 313. The first kappa shape index (κ1) is 12.2. The Morgan fingerprint density at radius 3 is 2.60 bits per heavy atom. The molecule has 1 unspecified atom stereocenters. The van der Waals surface area contributed by atoms with Crippen LogP contribution in [0.4, 0.5) is 0 Å². The molecule has 84 valence electrons. The van der Waals surface area contributed by atoms with Gasteiger partial charge in [0.05, 0.1) is 0 Å². The summed E-state index contributed by atoms with van der Waals surface area (Å²) in [7, 11) is 0. The third-order valence-electron chi connectivity index (χ3n) is 2.68. The molecule has 0 saturated carbocycles. The molecule has 2 heteroatoms. The molecule has 0 spiro atoms. The van der Waals surface area contributed by atoms with Gasteiger partial charge in [-0.1, -0.05) is 27.7 Å². The average Bonchev–Trinajstić information content (AvgIpc) is 2.17. The van der Waals surface area contributed by atoms with E-state index in [1.54, 1.807) is 0 Å². The molecular weight excluding hydrogens is 184 g/mol. The first-order valence-corrected chi connectivity index (χ1v) is 5.64. The SMILES string of the molecule is CCC(N)Cc1cc(C(C)(C)C)ccn1. The van der Waals surface area contributed by atoms with Crippen LogP contribution in [0.3, 0.4) is 0 Å². The Kier molecular flexibility index (Phi) is 3.86. The van der Waals surface area contributed by atoms with Gasteiger partial charge < -0.3 is 5.73 Å². The Hall–Kier alpha value is -0.890. The smallest absolute Gasteiger partial charge is 0.0421 e. The molecule has 2 N–H and O–H groups in total. The van der Waals surface area contributed by atoms with Crippen molar-refractivity contribution in [2.24, 2.45) is 5.73 Å². The zero-order valence-electron chi connectivity index (χ0n) is 10.2. The second-order valence-electron chi connectivity index (χ2n) is 5.16. The topological polar surface area (TPSA) is 38.9 Å². The summed E-state index contributed by atoms with van der Waals surface area (Å²) in [4.78, 5) is 4.36. The lowest BCUT2D eigenvalue weighted by Gasteiger charge is -2.19. The molecule has 0 radical (unpaired) electrons. The highest BCUT2D eigenvalue weighted by Crippen LogP contribution is 2.22. The average molecular weight is 206 g/mol. The van der Waals surface area contributed by atoms with Crippen LogP contribution < -0.4 is 5.73 Å². The van der Waals surface area contributed by atoms with Crippen LogP contribution in [0.1, 0.15) is 45.4 Å². The quantitative estimate of drug-likeness (QED) is 0.825. The molecule has 1 heterocycles. The standard InChI is InChI=1S/C13H22N2/c1-5-11(14)9-12-8-10(6-7-15-12)13(2,3)4/h6-8,11H,5,9,14H2,1-4H3. The van der Waals surface area contributed by atoms with Crippen molar-refractivity contribution in [3.63, 3.8) is 0 Å². The van der Waals surface area contributed by atoms with E-state index in [0.717, 1.165) is 18.5 Å². The number of hydrogen-bond donors (Lipinski definition) is 1. The lowest BCUT2D eigenvalue weighted by atomic mass is 9.87. The summed E-state index contributed by atoms with van der Waals surface area (Å²) in [6, 6.07) is 4.49. The zero-order valence-corrected chi connectivity index (χ0v) is 10.2. The summed E-state index contributed by atoms with van der Waals surface area (Å²) in [6.45, 7) is 8.75. The van der Waals surface area contributed by atoms with Crippen LogP contribution in [0, 0.1) is 0 Å². The van der Waals surface area contributed by atoms with Crippen molar-refractivity contribution in [2.75, 3.05) is 0 Å². The number of pyridine rings is 1. The van der Waals surface area contributed by atoms with E-state index in [4.69, 9.17) is 5.73 Å². The lowest BCUT2D eigenvalue weighted by Crippen LogP contribution is -2.22. The van der Waals surface area contributed by atoms with Gasteiger partial charge in [0.1, 0.15) is 0 Å². The van der Waals surface area contributed by atoms with Crippen LogP contribution in [0.2, 0.25) is 0 Å². The number of aromatic nitrogens is 1. The monoisotopic (exact) mass is 206 g/mol. The maximum absolute atomic E-state index is 5.92. The summed E-state index contributed by atoms with van der Waals surface area (Å²) in [5.41, 5.74) is 8.55. The van der Waals surface area contributed by atoms with Crippen molar-refractivity contribution < 1.29 is 0 Å². The van der Waals surface area contributed by atoms with Crippen molar-refractivity contribution in [1.82, 2.24) is 4.98 Å². The molecule has 0 aliphatic heterocycles. The molecule has 1 aromatic heterocycles. The van der Waals surface area contributed by atoms with Crippen LogP contribution in [0.25, 0.3) is 0 Å². The van der Waals surface area contributed by atoms with Gasteiger partial charge in [-0.05, 0) is 29.5 Å². The molecule has 2 nitrogen and oxygen atoms in total. The van der Waals surface area contributed by atoms with Crippen LogP contribution in [-0.4, -0.2) is 11.0 Å². The molecule has 0 aliphatic rings. The van der Waals surface area contributed by atoms with Crippen LogP contribution in [0.15, 0.2) is 18.3 Å². The molecular formula is C13H22N2. The first-order valence-electron chi connectivity index (χ1n) is 5.64. The summed E-state index contributed by atoms with van der Waals surface area (Å²) in [5, 5.41) is 0. The molecule has 1 atom stereocenters. The van der Waals surface area contributed by atoms with Gasteiger partial charge in [-0.2, -0.15) is 0 Å². The third-order valence-corrected chi connectivity index (χ3v) is 2.68. The zero-order chi connectivity index (χ0) is 11.5. The summed E-state index contributed by atoms with van der Waals surface area (Å²) in [6.07, 6.45) is 3.76. The van der Waals surface area contributed by atoms with Gasteiger partial charge in [-0.25, -0.2) is 0 Å². The molecule has 1 rings (SSSR count). The lowest BCUT2D eigenvalue weighted by molar-refractivity contribution is 0.583. The molecule has 1 aromatic rings. The van der Waals surface area contributed by atoms with E-state index in [1.807, 2.05) is 6.20 Å².